The van der Waals surface area contributed by atoms with Crippen molar-refractivity contribution < 1.29 is 9.52 Å². The van der Waals surface area contributed by atoms with Gasteiger partial charge in [-0.25, -0.2) is 4.79 Å². The fourth-order valence-electron chi connectivity index (χ4n) is 2.80. The van der Waals surface area contributed by atoms with E-state index in [1.165, 1.54) is 0 Å². The van der Waals surface area contributed by atoms with Crippen molar-refractivity contribution in [3.8, 4) is 0 Å². The molecule has 0 fully saturated rings. The lowest BCUT2D eigenvalue weighted by Gasteiger charge is -2.19. The normalized spacial score (nSPS) is 11.8. The van der Waals surface area contributed by atoms with E-state index < -0.39 is 0 Å². The fourth-order valence-corrected chi connectivity index (χ4v) is 2.80. The lowest BCUT2D eigenvalue weighted by Crippen LogP contribution is -2.32. The quantitative estimate of drug-likeness (QED) is 0.686. The van der Waals surface area contributed by atoms with Crippen molar-refractivity contribution in [1.82, 2.24) is 9.47 Å². The zero-order valence-corrected chi connectivity index (χ0v) is 14.0. The predicted molar refractivity (Wildman–Crippen MR) is 99.5 cm³/mol. The van der Waals surface area contributed by atoms with Crippen LogP contribution in [0.25, 0.3) is 17.2 Å². The lowest BCUT2D eigenvalue weighted by atomic mass is 10.2. The number of hydrogen-bond donors (Lipinski definition) is 1. The van der Waals surface area contributed by atoms with Crippen molar-refractivity contribution in [1.29, 1.82) is 0 Å². The van der Waals surface area contributed by atoms with E-state index in [2.05, 4.69) is 17.1 Å². The second-order valence-corrected chi connectivity index (χ2v) is 5.82. The van der Waals surface area contributed by atoms with Gasteiger partial charge in [0, 0.05) is 26.2 Å². The summed E-state index contributed by atoms with van der Waals surface area (Å²) >= 11 is 0. The monoisotopic (exact) mass is 338 g/mol. The second kappa shape index (κ2) is 8.46. The second-order valence-electron chi connectivity index (χ2n) is 5.82. The standard InChI is InChI=1S/C20H22N2O3/c23-16-15-21(12-6-9-17-7-2-1-3-8-17)13-14-22-18-10-4-5-11-19(18)25-20(22)24/h1-11,23H,12-16H2/b9-6+. The molecule has 130 valence electrons. The molecule has 1 N–H and O–H groups in total. The van der Waals surface area contributed by atoms with Crippen LogP contribution in [-0.2, 0) is 6.54 Å². The summed E-state index contributed by atoms with van der Waals surface area (Å²) in [5, 5.41) is 9.28. The Labute approximate surface area is 146 Å². The number of fused-ring (bicyclic) bond motifs is 1. The minimum absolute atomic E-state index is 0.0835. The van der Waals surface area contributed by atoms with E-state index in [0.29, 0.717) is 31.8 Å². The molecule has 0 aliphatic carbocycles. The zero-order chi connectivity index (χ0) is 17.5. The van der Waals surface area contributed by atoms with Crippen molar-refractivity contribution in [2.75, 3.05) is 26.2 Å². The van der Waals surface area contributed by atoms with Crippen LogP contribution in [0, 0.1) is 0 Å². The van der Waals surface area contributed by atoms with Crippen LogP contribution >= 0.6 is 0 Å². The predicted octanol–water partition coefficient (Wildman–Crippen LogP) is 2.60. The minimum atomic E-state index is -0.343. The maximum atomic E-state index is 12.0. The summed E-state index contributed by atoms with van der Waals surface area (Å²) in [7, 11) is 0. The maximum absolute atomic E-state index is 12.0. The van der Waals surface area contributed by atoms with Gasteiger partial charge >= 0.3 is 5.76 Å². The number of aliphatic hydroxyl groups is 1. The summed E-state index contributed by atoms with van der Waals surface area (Å²) in [5.41, 5.74) is 2.55. The molecule has 2 aromatic carbocycles. The van der Waals surface area contributed by atoms with Crippen LogP contribution in [0.3, 0.4) is 0 Å². The van der Waals surface area contributed by atoms with E-state index in [1.54, 1.807) is 10.6 Å². The van der Waals surface area contributed by atoms with Crippen molar-refractivity contribution in [3.63, 3.8) is 0 Å². The first-order valence-corrected chi connectivity index (χ1v) is 8.41. The number of aliphatic hydroxyl groups excluding tert-OH is 1. The van der Waals surface area contributed by atoms with Gasteiger partial charge < -0.3 is 9.52 Å². The summed E-state index contributed by atoms with van der Waals surface area (Å²) < 4.78 is 6.90. The first-order chi connectivity index (χ1) is 12.3. The van der Waals surface area contributed by atoms with Gasteiger partial charge in [-0.15, -0.1) is 0 Å². The van der Waals surface area contributed by atoms with Gasteiger partial charge in [0.25, 0.3) is 0 Å². The summed E-state index contributed by atoms with van der Waals surface area (Å²) in [5.74, 6) is -0.343. The lowest BCUT2D eigenvalue weighted by molar-refractivity contribution is 0.203. The molecule has 0 unspecified atom stereocenters. The molecule has 0 aliphatic heterocycles. The smallest absolute Gasteiger partial charge is 0.408 e. The molecule has 5 nitrogen and oxygen atoms in total. The number of oxazole rings is 1. The first kappa shape index (κ1) is 17.2. The Hall–Kier alpha value is -2.63. The van der Waals surface area contributed by atoms with Crippen LogP contribution in [0.2, 0.25) is 0 Å². The average molecular weight is 338 g/mol. The van der Waals surface area contributed by atoms with Crippen molar-refractivity contribution in [2.45, 2.75) is 6.54 Å². The molecule has 25 heavy (non-hydrogen) atoms. The summed E-state index contributed by atoms with van der Waals surface area (Å²) in [6.07, 6.45) is 4.13. The molecule has 1 aromatic heterocycles. The van der Waals surface area contributed by atoms with Gasteiger partial charge in [-0.1, -0.05) is 54.6 Å². The number of nitrogens with zero attached hydrogens (tertiary/aromatic N) is 2. The molecule has 0 bridgehead atoms. The Morgan fingerprint density at radius 3 is 2.60 bits per heavy atom. The van der Waals surface area contributed by atoms with Gasteiger partial charge in [0.05, 0.1) is 12.1 Å². The highest BCUT2D eigenvalue weighted by molar-refractivity contribution is 5.72. The Balaban J connectivity index is 1.64. The molecule has 0 radical (unpaired) electrons. The van der Waals surface area contributed by atoms with E-state index in [-0.39, 0.29) is 12.4 Å². The molecule has 0 amide bonds. The van der Waals surface area contributed by atoms with E-state index in [9.17, 15) is 9.90 Å². The molecule has 0 spiro atoms. The Kier molecular flexibility index (Phi) is 5.82. The van der Waals surface area contributed by atoms with Crippen LogP contribution in [0.5, 0.6) is 0 Å². The summed E-state index contributed by atoms with van der Waals surface area (Å²) in [6, 6.07) is 17.5. The van der Waals surface area contributed by atoms with Crippen LogP contribution < -0.4 is 5.76 Å². The Morgan fingerprint density at radius 1 is 1.04 bits per heavy atom. The van der Waals surface area contributed by atoms with Gasteiger partial charge in [-0.3, -0.25) is 9.47 Å². The Bertz CT molecular complexity index is 881. The fraction of sp³-hybridized carbons (Fsp3) is 0.250. The van der Waals surface area contributed by atoms with E-state index in [0.717, 1.165) is 11.1 Å². The zero-order valence-electron chi connectivity index (χ0n) is 14.0. The SMILES string of the molecule is O=c1oc2ccccc2n1CCN(C/C=C/c1ccccc1)CCO. The molecule has 0 saturated carbocycles. The molecule has 0 atom stereocenters. The topological polar surface area (TPSA) is 58.6 Å². The van der Waals surface area contributed by atoms with E-state index in [1.807, 2.05) is 48.5 Å². The molecule has 3 aromatic rings. The van der Waals surface area contributed by atoms with Crippen LogP contribution in [0.4, 0.5) is 0 Å². The van der Waals surface area contributed by atoms with E-state index in [4.69, 9.17) is 4.42 Å². The third-order valence-corrected chi connectivity index (χ3v) is 4.10. The van der Waals surface area contributed by atoms with Gasteiger partial charge in [0.1, 0.15) is 0 Å². The molecular formula is C20H22N2O3. The maximum Gasteiger partial charge on any atom is 0.419 e. The van der Waals surface area contributed by atoms with Crippen molar-refractivity contribution in [3.05, 3.63) is 76.8 Å². The Morgan fingerprint density at radius 2 is 1.80 bits per heavy atom. The number of hydrogen-bond acceptors (Lipinski definition) is 4. The third-order valence-electron chi connectivity index (χ3n) is 4.10. The molecule has 0 aliphatic rings. The van der Waals surface area contributed by atoms with Crippen LogP contribution in [-0.4, -0.2) is 40.8 Å². The summed E-state index contributed by atoms with van der Waals surface area (Å²) in [6.45, 7) is 2.53. The molecule has 3 rings (SSSR count). The van der Waals surface area contributed by atoms with E-state index >= 15 is 0 Å². The molecule has 5 heteroatoms. The average Bonchev–Trinajstić information content (AvgIpc) is 2.96. The van der Waals surface area contributed by atoms with Crippen LogP contribution in [0.15, 0.2) is 69.9 Å². The van der Waals surface area contributed by atoms with Crippen molar-refractivity contribution >= 4 is 17.2 Å². The first-order valence-electron chi connectivity index (χ1n) is 8.41. The number of para-hydroxylation sites is 2. The van der Waals surface area contributed by atoms with Crippen LogP contribution in [0.1, 0.15) is 5.56 Å². The van der Waals surface area contributed by atoms with Crippen molar-refractivity contribution in [2.24, 2.45) is 0 Å². The van der Waals surface area contributed by atoms with Gasteiger partial charge in [0.15, 0.2) is 5.58 Å². The van der Waals surface area contributed by atoms with Gasteiger partial charge in [-0.05, 0) is 17.7 Å². The number of benzene rings is 2. The third kappa shape index (κ3) is 4.47. The largest absolute Gasteiger partial charge is 0.419 e. The summed E-state index contributed by atoms with van der Waals surface area (Å²) in [4.78, 5) is 14.1. The highest BCUT2D eigenvalue weighted by Crippen LogP contribution is 2.11. The number of aromatic nitrogens is 1. The minimum Gasteiger partial charge on any atom is -0.408 e. The highest BCUT2D eigenvalue weighted by Gasteiger charge is 2.10. The molecular weight excluding hydrogens is 316 g/mol. The molecule has 1 heterocycles. The van der Waals surface area contributed by atoms with Gasteiger partial charge in [0.2, 0.25) is 0 Å². The molecule has 0 saturated heterocycles. The van der Waals surface area contributed by atoms with Gasteiger partial charge in [-0.2, -0.15) is 0 Å². The number of rotatable bonds is 8. The highest BCUT2D eigenvalue weighted by atomic mass is 16.4.